The van der Waals surface area contributed by atoms with Crippen LogP contribution >= 0.6 is 11.6 Å². The molecule has 110 valence electrons. The standard InChI is InChI=1S/C11H16ClN5O3/c1-5(2)13-10(18)7(4)14-9-8(17(19)20)6(3)15-11(12)16-9/h5,7H,1-4H3,(H,13,18)(H,14,15,16). The molecule has 1 heterocycles. The zero-order valence-corrected chi connectivity index (χ0v) is 12.4. The summed E-state index contributed by atoms with van der Waals surface area (Å²) < 4.78 is 0. The van der Waals surface area contributed by atoms with Crippen LogP contribution in [0.25, 0.3) is 0 Å². The topological polar surface area (TPSA) is 110 Å². The smallest absolute Gasteiger partial charge is 0.332 e. The van der Waals surface area contributed by atoms with Crippen molar-refractivity contribution in [2.75, 3.05) is 5.32 Å². The molecule has 1 aromatic heterocycles. The van der Waals surface area contributed by atoms with Crippen molar-refractivity contribution < 1.29 is 9.72 Å². The summed E-state index contributed by atoms with van der Waals surface area (Å²) in [6.45, 7) is 6.67. The quantitative estimate of drug-likeness (QED) is 0.486. The van der Waals surface area contributed by atoms with Gasteiger partial charge in [-0.25, -0.2) is 4.98 Å². The molecule has 0 fully saturated rings. The maximum Gasteiger partial charge on any atom is 0.332 e. The SMILES string of the molecule is Cc1nc(Cl)nc(NC(C)C(=O)NC(C)C)c1[N+](=O)[O-]. The second-order valence-corrected chi connectivity index (χ2v) is 4.90. The summed E-state index contributed by atoms with van der Waals surface area (Å²) in [5.74, 6) is -0.361. The van der Waals surface area contributed by atoms with Crippen LogP contribution in [0.2, 0.25) is 5.28 Å². The van der Waals surface area contributed by atoms with Crippen LogP contribution in [0.15, 0.2) is 0 Å². The highest BCUT2D eigenvalue weighted by molar-refractivity contribution is 6.28. The van der Waals surface area contributed by atoms with E-state index in [0.29, 0.717) is 0 Å². The van der Waals surface area contributed by atoms with Gasteiger partial charge >= 0.3 is 5.69 Å². The van der Waals surface area contributed by atoms with Crippen molar-refractivity contribution in [3.8, 4) is 0 Å². The summed E-state index contributed by atoms with van der Waals surface area (Å²) in [5, 5.41) is 16.3. The first-order valence-electron chi connectivity index (χ1n) is 5.97. The molecule has 9 heteroatoms. The Morgan fingerprint density at radius 2 is 1.95 bits per heavy atom. The molecular weight excluding hydrogens is 286 g/mol. The van der Waals surface area contributed by atoms with Crippen molar-refractivity contribution in [2.24, 2.45) is 0 Å². The number of hydrogen-bond donors (Lipinski definition) is 2. The van der Waals surface area contributed by atoms with E-state index in [9.17, 15) is 14.9 Å². The van der Waals surface area contributed by atoms with Gasteiger partial charge in [-0.2, -0.15) is 4.98 Å². The fraction of sp³-hybridized carbons (Fsp3) is 0.545. The molecule has 8 nitrogen and oxygen atoms in total. The van der Waals surface area contributed by atoms with Gasteiger partial charge in [0.2, 0.25) is 17.0 Å². The summed E-state index contributed by atoms with van der Waals surface area (Å²) >= 11 is 5.69. The Morgan fingerprint density at radius 1 is 1.35 bits per heavy atom. The maximum atomic E-state index is 11.8. The molecule has 1 unspecified atom stereocenters. The van der Waals surface area contributed by atoms with E-state index in [4.69, 9.17) is 11.6 Å². The summed E-state index contributed by atoms with van der Waals surface area (Å²) in [5.41, 5.74) is -0.160. The molecule has 0 saturated heterocycles. The normalized spacial score (nSPS) is 12.1. The predicted molar refractivity (Wildman–Crippen MR) is 74.8 cm³/mol. The van der Waals surface area contributed by atoms with Crippen LogP contribution in [-0.2, 0) is 4.79 Å². The lowest BCUT2D eigenvalue weighted by atomic mass is 10.2. The van der Waals surface area contributed by atoms with Crippen LogP contribution in [0.5, 0.6) is 0 Å². The van der Waals surface area contributed by atoms with Gasteiger partial charge in [0.25, 0.3) is 0 Å². The first kappa shape index (κ1) is 16.1. The third-order valence-electron chi connectivity index (χ3n) is 2.39. The average Bonchev–Trinajstić information content (AvgIpc) is 2.25. The van der Waals surface area contributed by atoms with Crippen molar-refractivity contribution in [1.29, 1.82) is 0 Å². The van der Waals surface area contributed by atoms with E-state index in [1.165, 1.54) is 6.92 Å². The number of amides is 1. The molecule has 0 aromatic carbocycles. The van der Waals surface area contributed by atoms with Crippen molar-refractivity contribution in [1.82, 2.24) is 15.3 Å². The Hall–Kier alpha value is -1.96. The molecule has 0 aliphatic rings. The van der Waals surface area contributed by atoms with E-state index in [2.05, 4.69) is 20.6 Å². The number of hydrogen-bond acceptors (Lipinski definition) is 6. The number of rotatable bonds is 5. The molecule has 1 rings (SSSR count). The first-order chi connectivity index (χ1) is 9.22. The van der Waals surface area contributed by atoms with Crippen LogP contribution in [0.3, 0.4) is 0 Å². The summed E-state index contributed by atoms with van der Waals surface area (Å²) in [7, 11) is 0. The molecule has 0 saturated carbocycles. The molecule has 0 spiro atoms. The highest BCUT2D eigenvalue weighted by atomic mass is 35.5. The number of aryl methyl sites for hydroxylation is 1. The van der Waals surface area contributed by atoms with Crippen molar-refractivity contribution in [2.45, 2.75) is 39.8 Å². The Bertz CT molecular complexity index is 535. The second kappa shape index (κ2) is 6.47. The van der Waals surface area contributed by atoms with Gasteiger partial charge in [0.1, 0.15) is 11.7 Å². The van der Waals surface area contributed by atoms with Gasteiger partial charge in [0.15, 0.2) is 0 Å². The number of nitrogens with zero attached hydrogens (tertiary/aromatic N) is 3. The lowest BCUT2D eigenvalue weighted by Gasteiger charge is -2.16. The largest absolute Gasteiger partial charge is 0.353 e. The van der Waals surface area contributed by atoms with Crippen LogP contribution < -0.4 is 10.6 Å². The number of aromatic nitrogens is 2. The highest BCUT2D eigenvalue weighted by Gasteiger charge is 2.24. The zero-order chi connectivity index (χ0) is 15.4. The van der Waals surface area contributed by atoms with Crippen LogP contribution in [0.1, 0.15) is 26.5 Å². The maximum absolute atomic E-state index is 11.8. The Morgan fingerprint density at radius 3 is 2.45 bits per heavy atom. The van der Waals surface area contributed by atoms with Crippen molar-refractivity contribution in [3.63, 3.8) is 0 Å². The first-order valence-corrected chi connectivity index (χ1v) is 6.35. The highest BCUT2D eigenvalue weighted by Crippen LogP contribution is 2.26. The van der Waals surface area contributed by atoms with E-state index < -0.39 is 11.0 Å². The number of nitro groups is 1. The zero-order valence-electron chi connectivity index (χ0n) is 11.6. The van der Waals surface area contributed by atoms with Gasteiger partial charge in [-0.1, -0.05) is 0 Å². The van der Waals surface area contributed by atoms with Gasteiger partial charge in [0.05, 0.1) is 4.92 Å². The van der Waals surface area contributed by atoms with Gasteiger partial charge in [0, 0.05) is 6.04 Å². The molecule has 0 aliphatic carbocycles. The number of nitrogens with one attached hydrogen (secondary N) is 2. The van der Waals surface area contributed by atoms with Gasteiger partial charge in [-0.05, 0) is 39.3 Å². The lowest BCUT2D eigenvalue weighted by molar-refractivity contribution is -0.385. The fourth-order valence-corrected chi connectivity index (χ4v) is 1.74. The predicted octanol–water partition coefficient (Wildman–Crippen LogP) is 1.67. The lowest BCUT2D eigenvalue weighted by Crippen LogP contribution is -2.41. The number of carbonyl (C=O) groups excluding carboxylic acids is 1. The molecule has 1 amide bonds. The van der Waals surface area contributed by atoms with Crippen LogP contribution in [-0.4, -0.2) is 32.9 Å². The average molecular weight is 302 g/mol. The number of halogens is 1. The molecule has 1 aromatic rings. The van der Waals surface area contributed by atoms with E-state index in [1.54, 1.807) is 6.92 Å². The Kier molecular flexibility index (Phi) is 5.20. The van der Waals surface area contributed by atoms with Crippen LogP contribution in [0.4, 0.5) is 11.5 Å². The summed E-state index contributed by atoms with van der Waals surface area (Å²) in [6.07, 6.45) is 0. The monoisotopic (exact) mass is 301 g/mol. The van der Waals surface area contributed by atoms with E-state index in [1.807, 2.05) is 13.8 Å². The summed E-state index contributed by atoms with van der Waals surface area (Å²) in [6, 6.07) is -0.723. The fourth-order valence-electron chi connectivity index (χ4n) is 1.53. The van der Waals surface area contributed by atoms with Gasteiger partial charge < -0.3 is 10.6 Å². The van der Waals surface area contributed by atoms with E-state index >= 15 is 0 Å². The van der Waals surface area contributed by atoms with Gasteiger partial charge in [-0.3, -0.25) is 14.9 Å². The van der Waals surface area contributed by atoms with Crippen molar-refractivity contribution in [3.05, 3.63) is 21.1 Å². The van der Waals surface area contributed by atoms with E-state index in [0.717, 1.165) is 0 Å². The molecule has 0 aliphatic heterocycles. The summed E-state index contributed by atoms with van der Waals surface area (Å²) in [4.78, 5) is 29.7. The number of anilines is 1. The van der Waals surface area contributed by atoms with Crippen LogP contribution in [0, 0.1) is 17.0 Å². The molecule has 2 N–H and O–H groups in total. The Balaban J connectivity index is 3.02. The minimum atomic E-state index is -0.693. The second-order valence-electron chi connectivity index (χ2n) is 4.56. The Labute approximate surface area is 121 Å². The molecule has 0 bridgehead atoms. The van der Waals surface area contributed by atoms with Gasteiger partial charge in [-0.15, -0.1) is 0 Å². The molecular formula is C11H16ClN5O3. The minimum Gasteiger partial charge on any atom is -0.353 e. The third-order valence-corrected chi connectivity index (χ3v) is 2.56. The third kappa shape index (κ3) is 4.02. The van der Waals surface area contributed by atoms with Crippen molar-refractivity contribution >= 4 is 29.0 Å². The molecule has 1 atom stereocenters. The van der Waals surface area contributed by atoms with E-state index in [-0.39, 0.29) is 34.4 Å². The minimum absolute atomic E-state index is 0.0301. The molecule has 20 heavy (non-hydrogen) atoms. The number of carbonyl (C=O) groups is 1. The molecule has 0 radical (unpaired) electrons.